The molecule has 5 nitrogen and oxygen atoms in total. The molecule has 3 rings (SSSR count). The summed E-state index contributed by atoms with van der Waals surface area (Å²) < 4.78 is 41.4. The van der Waals surface area contributed by atoms with Crippen molar-refractivity contribution in [1.29, 1.82) is 0 Å². The van der Waals surface area contributed by atoms with Gasteiger partial charge >= 0.3 is 6.18 Å². The first-order chi connectivity index (χ1) is 11.9. The standard InChI is InChI=1S/C17H25F3N4O.ClH/c18-17(19,20)14-5-2-1-4-13(14)12-22-15(25)16(6-9-21-10-7-16)24-11-3-8-23-24;/h3,8,11,13-14,21H,1-2,4-7,9-10,12H2,(H,22,25);1H. The molecule has 1 saturated heterocycles. The van der Waals surface area contributed by atoms with Crippen molar-refractivity contribution in [2.45, 2.75) is 50.2 Å². The average Bonchev–Trinajstić information content (AvgIpc) is 3.15. The Labute approximate surface area is 157 Å². The minimum Gasteiger partial charge on any atom is -0.354 e. The van der Waals surface area contributed by atoms with Crippen molar-refractivity contribution in [1.82, 2.24) is 20.4 Å². The van der Waals surface area contributed by atoms with E-state index in [0.717, 1.165) is 6.42 Å². The molecule has 1 aliphatic heterocycles. The van der Waals surface area contributed by atoms with Gasteiger partial charge in [0.05, 0.1) is 5.92 Å². The number of carbonyl (C=O) groups is 1. The van der Waals surface area contributed by atoms with Crippen molar-refractivity contribution in [3.05, 3.63) is 18.5 Å². The molecule has 0 aromatic carbocycles. The van der Waals surface area contributed by atoms with Crippen LogP contribution in [-0.4, -0.2) is 41.5 Å². The van der Waals surface area contributed by atoms with Gasteiger partial charge in [-0.15, -0.1) is 12.4 Å². The van der Waals surface area contributed by atoms with E-state index < -0.39 is 23.6 Å². The van der Waals surface area contributed by atoms with Crippen LogP contribution in [0.2, 0.25) is 0 Å². The summed E-state index contributed by atoms with van der Waals surface area (Å²) in [5.41, 5.74) is -0.808. The fraction of sp³-hybridized carbons (Fsp3) is 0.765. The Morgan fingerprint density at radius 2 is 1.96 bits per heavy atom. The monoisotopic (exact) mass is 394 g/mol. The highest BCUT2D eigenvalue weighted by Gasteiger charge is 2.46. The number of nitrogens with zero attached hydrogens (tertiary/aromatic N) is 2. The lowest BCUT2D eigenvalue weighted by Crippen LogP contribution is -2.55. The second-order valence-electron chi connectivity index (χ2n) is 7.13. The zero-order valence-electron chi connectivity index (χ0n) is 14.6. The van der Waals surface area contributed by atoms with Crippen LogP contribution in [0.5, 0.6) is 0 Å². The molecule has 2 fully saturated rings. The summed E-state index contributed by atoms with van der Waals surface area (Å²) >= 11 is 0. The maximum atomic E-state index is 13.2. The summed E-state index contributed by atoms with van der Waals surface area (Å²) in [6, 6.07) is 1.76. The molecular formula is C17H26ClF3N4O. The summed E-state index contributed by atoms with van der Waals surface area (Å²) in [6.07, 6.45) is 2.42. The largest absolute Gasteiger partial charge is 0.392 e. The molecule has 2 unspecified atom stereocenters. The molecule has 2 aliphatic rings. The van der Waals surface area contributed by atoms with Crippen LogP contribution in [-0.2, 0) is 10.3 Å². The lowest BCUT2D eigenvalue weighted by Gasteiger charge is -2.38. The van der Waals surface area contributed by atoms with E-state index in [1.54, 1.807) is 23.1 Å². The third-order valence-electron chi connectivity index (χ3n) is 5.65. The summed E-state index contributed by atoms with van der Waals surface area (Å²) in [5.74, 6) is -2.06. The topological polar surface area (TPSA) is 59.0 Å². The Balaban J connectivity index is 0.00000243. The summed E-state index contributed by atoms with van der Waals surface area (Å²) in [4.78, 5) is 12.9. The van der Waals surface area contributed by atoms with E-state index in [-0.39, 0.29) is 31.3 Å². The molecule has 1 aromatic heterocycles. The maximum Gasteiger partial charge on any atom is 0.392 e. The molecule has 1 aliphatic carbocycles. The van der Waals surface area contributed by atoms with E-state index in [4.69, 9.17) is 0 Å². The molecular weight excluding hydrogens is 369 g/mol. The smallest absolute Gasteiger partial charge is 0.354 e. The van der Waals surface area contributed by atoms with Gasteiger partial charge < -0.3 is 10.6 Å². The molecule has 0 radical (unpaired) electrons. The molecule has 26 heavy (non-hydrogen) atoms. The number of aromatic nitrogens is 2. The number of hydrogen-bond donors (Lipinski definition) is 2. The van der Waals surface area contributed by atoms with Gasteiger partial charge in [0.2, 0.25) is 5.91 Å². The van der Waals surface area contributed by atoms with Crippen LogP contribution >= 0.6 is 12.4 Å². The molecule has 1 saturated carbocycles. The number of amides is 1. The van der Waals surface area contributed by atoms with Crippen molar-refractivity contribution in [2.75, 3.05) is 19.6 Å². The highest BCUT2D eigenvalue weighted by Crippen LogP contribution is 2.41. The van der Waals surface area contributed by atoms with E-state index in [1.165, 1.54) is 0 Å². The molecule has 9 heteroatoms. The van der Waals surface area contributed by atoms with Crippen LogP contribution in [0.15, 0.2) is 18.5 Å². The van der Waals surface area contributed by atoms with Crippen LogP contribution in [0.3, 0.4) is 0 Å². The quantitative estimate of drug-likeness (QED) is 0.825. The number of nitrogens with one attached hydrogen (secondary N) is 2. The Bertz CT molecular complexity index is 573. The van der Waals surface area contributed by atoms with Gasteiger partial charge in [0.25, 0.3) is 0 Å². The van der Waals surface area contributed by atoms with Gasteiger partial charge in [-0.25, -0.2) is 0 Å². The van der Waals surface area contributed by atoms with Crippen molar-refractivity contribution < 1.29 is 18.0 Å². The van der Waals surface area contributed by atoms with Crippen LogP contribution in [0.25, 0.3) is 0 Å². The number of hydrogen-bond acceptors (Lipinski definition) is 3. The first-order valence-corrected chi connectivity index (χ1v) is 8.99. The minimum absolute atomic E-state index is 0. The van der Waals surface area contributed by atoms with Crippen molar-refractivity contribution in [3.63, 3.8) is 0 Å². The van der Waals surface area contributed by atoms with Gasteiger partial charge in [0.15, 0.2) is 0 Å². The molecule has 0 spiro atoms. The predicted molar refractivity (Wildman–Crippen MR) is 94.1 cm³/mol. The number of halogens is 4. The molecule has 2 N–H and O–H groups in total. The summed E-state index contributed by atoms with van der Waals surface area (Å²) in [7, 11) is 0. The minimum atomic E-state index is -4.19. The second kappa shape index (κ2) is 8.61. The van der Waals surface area contributed by atoms with Crippen molar-refractivity contribution in [2.24, 2.45) is 11.8 Å². The third-order valence-corrected chi connectivity index (χ3v) is 5.65. The van der Waals surface area contributed by atoms with E-state index in [0.29, 0.717) is 38.8 Å². The fourth-order valence-electron chi connectivity index (χ4n) is 4.19. The van der Waals surface area contributed by atoms with E-state index >= 15 is 0 Å². The third kappa shape index (κ3) is 4.34. The van der Waals surface area contributed by atoms with Crippen LogP contribution in [0.4, 0.5) is 13.2 Å². The lowest BCUT2D eigenvalue weighted by atomic mass is 9.78. The SMILES string of the molecule is Cl.O=C(NCC1CCCCC1C(F)(F)F)C1(n2cccn2)CCNCC1. The lowest BCUT2D eigenvalue weighted by molar-refractivity contribution is -0.196. The van der Waals surface area contributed by atoms with Gasteiger partial charge in [-0.3, -0.25) is 9.48 Å². The summed E-state index contributed by atoms with van der Waals surface area (Å²) in [6.45, 7) is 1.45. The normalized spacial score (nSPS) is 26.0. The van der Waals surface area contributed by atoms with Crippen LogP contribution in [0, 0.1) is 11.8 Å². The number of alkyl halides is 3. The fourth-order valence-corrected chi connectivity index (χ4v) is 4.19. The molecule has 2 atom stereocenters. The van der Waals surface area contributed by atoms with Gasteiger partial charge in [-0.2, -0.15) is 18.3 Å². The Hall–Kier alpha value is -1.28. The molecule has 0 bridgehead atoms. The van der Waals surface area contributed by atoms with Crippen LogP contribution < -0.4 is 10.6 Å². The highest BCUT2D eigenvalue weighted by molar-refractivity contribution is 5.85. The molecule has 2 heterocycles. The Morgan fingerprint density at radius 1 is 1.27 bits per heavy atom. The summed E-state index contributed by atoms with van der Waals surface area (Å²) in [5, 5.41) is 10.3. The van der Waals surface area contributed by atoms with E-state index in [2.05, 4.69) is 15.7 Å². The first-order valence-electron chi connectivity index (χ1n) is 8.99. The van der Waals surface area contributed by atoms with Crippen molar-refractivity contribution >= 4 is 18.3 Å². The van der Waals surface area contributed by atoms with Gasteiger partial charge in [-0.05, 0) is 50.8 Å². The number of rotatable bonds is 4. The van der Waals surface area contributed by atoms with E-state index in [1.807, 2.05) is 0 Å². The van der Waals surface area contributed by atoms with Crippen LogP contribution in [0.1, 0.15) is 38.5 Å². The zero-order valence-corrected chi connectivity index (χ0v) is 15.4. The molecule has 148 valence electrons. The predicted octanol–water partition coefficient (Wildman–Crippen LogP) is 2.87. The highest BCUT2D eigenvalue weighted by atomic mass is 35.5. The first kappa shape index (κ1) is 21.0. The Morgan fingerprint density at radius 3 is 2.58 bits per heavy atom. The number of piperidine rings is 1. The van der Waals surface area contributed by atoms with Gasteiger partial charge in [0.1, 0.15) is 5.54 Å². The molecule has 1 aromatic rings. The van der Waals surface area contributed by atoms with Gasteiger partial charge in [-0.1, -0.05) is 12.8 Å². The van der Waals surface area contributed by atoms with Crippen molar-refractivity contribution in [3.8, 4) is 0 Å². The maximum absolute atomic E-state index is 13.2. The Kier molecular flexibility index (Phi) is 6.96. The molecule has 1 amide bonds. The number of carbonyl (C=O) groups excluding carboxylic acids is 1. The zero-order chi connectivity index (χ0) is 17.9. The van der Waals surface area contributed by atoms with Gasteiger partial charge in [0, 0.05) is 18.9 Å². The average molecular weight is 395 g/mol. The van der Waals surface area contributed by atoms with E-state index in [9.17, 15) is 18.0 Å². The second-order valence-corrected chi connectivity index (χ2v) is 7.13.